The van der Waals surface area contributed by atoms with Gasteiger partial charge >= 0.3 is 0 Å². The van der Waals surface area contributed by atoms with Crippen molar-refractivity contribution in [2.75, 3.05) is 6.26 Å². The number of rotatable bonds is 0. The zero-order chi connectivity index (χ0) is 7.98. The highest BCUT2D eigenvalue weighted by atomic mass is 32.1. The Bertz CT molecular complexity index is 170. The molecule has 0 atom stereocenters. The van der Waals surface area contributed by atoms with E-state index in [2.05, 4.69) is 17.6 Å². The van der Waals surface area contributed by atoms with Gasteiger partial charge in [-0.15, -0.1) is 0 Å². The van der Waals surface area contributed by atoms with Crippen LogP contribution in [0.25, 0.3) is 0 Å². The lowest BCUT2D eigenvalue weighted by Crippen LogP contribution is -1.80. The van der Waals surface area contributed by atoms with Gasteiger partial charge in [0.1, 0.15) is 5.82 Å². The van der Waals surface area contributed by atoms with Crippen molar-refractivity contribution in [3.05, 3.63) is 29.8 Å². The number of pyridine rings is 1. The summed E-state index contributed by atoms with van der Waals surface area (Å²) in [5.74, 6) is -0.243. The monoisotopic (exact) mass is 159 g/mol. The van der Waals surface area contributed by atoms with E-state index in [-0.39, 0.29) is 5.82 Å². The van der Waals surface area contributed by atoms with Crippen LogP contribution < -0.4 is 0 Å². The first kappa shape index (κ1) is 9.43. The molecule has 0 N–H and O–H groups in total. The van der Waals surface area contributed by atoms with Crippen molar-refractivity contribution in [1.29, 1.82) is 0 Å². The predicted molar refractivity (Wildman–Crippen MR) is 43.8 cm³/mol. The first-order valence-corrected chi connectivity index (χ1v) is 3.71. The number of aryl methyl sites for hydroxylation is 1. The topological polar surface area (TPSA) is 12.9 Å². The van der Waals surface area contributed by atoms with Crippen LogP contribution in [0, 0.1) is 12.7 Å². The van der Waals surface area contributed by atoms with Gasteiger partial charge in [0.2, 0.25) is 0 Å². The molecular formula is C7H10FNS. The second-order valence-electron chi connectivity index (χ2n) is 1.62. The number of hydrogen-bond acceptors (Lipinski definition) is 2. The fourth-order valence-corrected chi connectivity index (χ4v) is 0.445. The van der Waals surface area contributed by atoms with Crippen molar-refractivity contribution in [3.8, 4) is 0 Å². The third-order valence-corrected chi connectivity index (χ3v) is 0.975. The van der Waals surface area contributed by atoms with Crippen molar-refractivity contribution in [1.82, 2.24) is 4.98 Å². The number of nitrogens with zero attached hydrogens (tertiary/aromatic N) is 1. The maximum atomic E-state index is 12.3. The molecule has 0 aliphatic heterocycles. The largest absolute Gasteiger partial charge is 0.262 e. The normalized spacial score (nSPS) is 8.00. The SMILES string of the molecule is CS.Cc1ccncc1F. The molecule has 0 saturated heterocycles. The van der Waals surface area contributed by atoms with Crippen molar-refractivity contribution >= 4 is 12.6 Å². The molecular weight excluding hydrogens is 149 g/mol. The van der Waals surface area contributed by atoms with Gasteiger partial charge in [-0.1, -0.05) is 0 Å². The fraction of sp³-hybridized carbons (Fsp3) is 0.286. The van der Waals surface area contributed by atoms with Gasteiger partial charge in [-0.25, -0.2) is 4.39 Å². The summed E-state index contributed by atoms with van der Waals surface area (Å²) >= 11 is 3.53. The van der Waals surface area contributed by atoms with E-state index in [1.165, 1.54) is 6.20 Å². The third kappa shape index (κ3) is 2.82. The summed E-state index contributed by atoms with van der Waals surface area (Å²) in [4.78, 5) is 3.57. The van der Waals surface area contributed by atoms with Crippen LogP contribution in [0.4, 0.5) is 4.39 Å². The Hall–Kier alpha value is -0.570. The molecule has 1 rings (SSSR count). The maximum Gasteiger partial charge on any atom is 0.144 e. The Labute approximate surface area is 65.7 Å². The van der Waals surface area contributed by atoms with Gasteiger partial charge in [0.25, 0.3) is 0 Å². The van der Waals surface area contributed by atoms with Gasteiger partial charge in [0.05, 0.1) is 6.20 Å². The molecule has 10 heavy (non-hydrogen) atoms. The van der Waals surface area contributed by atoms with Crippen LogP contribution in [0.3, 0.4) is 0 Å². The average molecular weight is 159 g/mol. The second kappa shape index (κ2) is 5.23. The molecule has 0 bridgehead atoms. The minimum Gasteiger partial charge on any atom is -0.262 e. The van der Waals surface area contributed by atoms with Gasteiger partial charge in [-0.3, -0.25) is 4.98 Å². The van der Waals surface area contributed by atoms with Crippen molar-refractivity contribution < 1.29 is 4.39 Å². The first-order chi connectivity index (χ1) is 4.80. The van der Waals surface area contributed by atoms with Crippen LogP contribution in [0.5, 0.6) is 0 Å². The summed E-state index contributed by atoms with van der Waals surface area (Å²) in [6, 6.07) is 1.63. The highest BCUT2D eigenvalue weighted by Gasteiger charge is 1.89. The van der Waals surface area contributed by atoms with Gasteiger partial charge in [0.15, 0.2) is 0 Å². The third-order valence-electron chi connectivity index (χ3n) is 0.975. The first-order valence-electron chi connectivity index (χ1n) is 2.81. The maximum absolute atomic E-state index is 12.3. The van der Waals surface area contributed by atoms with E-state index >= 15 is 0 Å². The van der Waals surface area contributed by atoms with Crippen LogP contribution in [0.2, 0.25) is 0 Å². The quantitative estimate of drug-likeness (QED) is 0.572. The summed E-state index contributed by atoms with van der Waals surface area (Å²) in [5.41, 5.74) is 0.639. The van der Waals surface area contributed by atoms with Crippen LogP contribution in [-0.2, 0) is 0 Å². The number of hydrogen-bond donors (Lipinski definition) is 1. The van der Waals surface area contributed by atoms with Crippen LogP contribution in [0.1, 0.15) is 5.56 Å². The molecule has 3 heteroatoms. The molecule has 0 aliphatic rings. The molecule has 0 radical (unpaired) electrons. The van der Waals surface area contributed by atoms with Gasteiger partial charge in [0, 0.05) is 6.20 Å². The molecule has 0 aromatic carbocycles. The van der Waals surface area contributed by atoms with E-state index in [4.69, 9.17) is 0 Å². The second-order valence-corrected chi connectivity index (χ2v) is 1.62. The number of thiol groups is 1. The van der Waals surface area contributed by atoms with E-state index in [1.54, 1.807) is 25.4 Å². The van der Waals surface area contributed by atoms with Crippen LogP contribution >= 0.6 is 12.6 Å². The molecule has 0 amide bonds. The summed E-state index contributed by atoms with van der Waals surface area (Å²) in [5, 5.41) is 0. The summed E-state index contributed by atoms with van der Waals surface area (Å²) < 4.78 is 12.3. The Morgan fingerprint density at radius 2 is 2.10 bits per heavy atom. The fourth-order valence-electron chi connectivity index (χ4n) is 0.445. The molecule has 0 saturated carbocycles. The zero-order valence-corrected chi connectivity index (χ0v) is 6.90. The van der Waals surface area contributed by atoms with E-state index < -0.39 is 0 Å². The molecule has 56 valence electrons. The molecule has 1 heterocycles. The highest BCUT2D eigenvalue weighted by Crippen LogP contribution is 1.99. The van der Waals surface area contributed by atoms with Crippen molar-refractivity contribution in [3.63, 3.8) is 0 Å². The molecule has 0 spiro atoms. The molecule has 0 fully saturated rings. The smallest absolute Gasteiger partial charge is 0.144 e. The zero-order valence-electron chi connectivity index (χ0n) is 6.00. The van der Waals surface area contributed by atoms with E-state index in [1.807, 2.05) is 0 Å². The van der Waals surface area contributed by atoms with Gasteiger partial charge in [-0.05, 0) is 24.8 Å². The Balaban J connectivity index is 0.000000371. The highest BCUT2D eigenvalue weighted by molar-refractivity contribution is 7.79. The molecule has 0 unspecified atom stereocenters. The summed E-state index contributed by atoms with van der Waals surface area (Å²) in [7, 11) is 0. The number of halogens is 1. The number of aromatic nitrogens is 1. The average Bonchev–Trinajstić information content (AvgIpc) is 2.00. The Kier molecular flexibility index (Phi) is 4.94. The van der Waals surface area contributed by atoms with Crippen LogP contribution in [-0.4, -0.2) is 11.2 Å². The van der Waals surface area contributed by atoms with Gasteiger partial charge in [-0.2, -0.15) is 12.6 Å². The van der Waals surface area contributed by atoms with E-state index in [9.17, 15) is 4.39 Å². The predicted octanol–water partition coefficient (Wildman–Crippen LogP) is 2.08. The minimum absolute atomic E-state index is 0.243. The standard InChI is InChI=1S/C6H6FN.CH4S/c1-5-2-3-8-4-6(5)7;1-2/h2-4H,1H3;2H,1H3. The van der Waals surface area contributed by atoms with Crippen molar-refractivity contribution in [2.24, 2.45) is 0 Å². The van der Waals surface area contributed by atoms with Crippen LogP contribution in [0.15, 0.2) is 18.5 Å². The lowest BCUT2D eigenvalue weighted by molar-refractivity contribution is 0.612. The lowest BCUT2D eigenvalue weighted by atomic mass is 10.3. The molecule has 1 aromatic rings. The van der Waals surface area contributed by atoms with E-state index in [0.29, 0.717) is 5.56 Å². The Morgan fingerprint density at radius 1 is 1.50 bits per heavy atom. The minimum atomic E-state index is -0.243. The van der Waals surface area contributed by atoms with Crippen molar-refractivity contribution in [2.45, 2.75) is 6.92 Å². The van der Waals surface area contributed by atoms with Gasteiger partial charge < -0.3 is 0 Å². The molecule has 1 nitrogen and oxygen atoms in total. The summed E-state index contributed by atoms with van der Waals surface area (Å²) in [6.45, 7) is 1.71. The molecule has 0 aliphatic carbocycles. The Morgan fingerprint density at radius 3 is 2.40 bits per heavy atom. The van der Waals surface area contributed by atoms with E-state index in [0.717, 1.165) is 0 Å². The molecule has 1 aromatic heterocycles. The summed E-state index contributed by atoms with van der Waals surface area (Å²) in [6.07, 6.45) is 4.47. The lowest BCUT2D eigenvalue weighted by Gasteiger charge is -1.88.